The summed E-state index contributed by atoms with van der Waals surface area (Å²) in [5.41, 5.74) is 2.92. The molecule has 0 aliphatic rings. The summed E-state index contributed by atoms with van der Waals surface area (Å²) in [4.78, 5) is 4.04. The molecular weight excluding hydrogens is 277 g/mol. The van der Waals surface area contributed by atoms with Gasteiger partial charge in [0.25, 0.3) is 0 Å². The normalized spacial score (nSPS) is 12.3. The first-order valence-corrected chi connectivity index (χ1v) is 7.29. The highest BCUT2D eigenvalue weighted by atomic mass is 19.1. The number of imidazole rings is 1. The summed E-state index contributed by atoms with van der Waals surface area (Å²) in [7, 11) is 0. The molecule has 1 N–H and O–H groups in total. The molecule has 0 spiro atoms. The SMILES string of the molecule is C[C@H](NCc1ccc(-n2ccnc2)cc1)c1ccccc1F. The van der Waals surface area contributed by atoms with Crippen LogP contribution in [-0.4, -0.2) is 9.55 Å². The summed E-state index contributed by atoms with van der Waals surface area (Å²) in [6, 6.07) is 15.1. The molecule has 3 aromatic rings. The van der Waals surface area contributed by atoms with Crippen molar-refractivity contribution in [1.82, 2.24) is 14.9 Å². The second kappa shape index (κ2) is 6.54. The van der Waals surface area contributed by atoms with Crippen molar-refractivity contribution < 1.29 is 4.39 Å². The number of rotatable bonds is 5. The highest BCUT2D eigenvalue weighted by molar-refractivity contribution is 5.34. The van der Waals surface area contributed by atoms with Crippen LogP contribution in [0.15, 0.2) is 67.3 Å². The Kier molecular flexibility index (Phi) is 4.30. The number of halogens is 1. The molecule has 0 aliphatic heterocycles. The predicted octanol–water partition coefficient (Wildman–Crippen LogP) is 3.86. The van der Waals surface area contributed by atoms with Gasteiger partial charge in [0.1, 0.15) is 5.82 Å². The zero-order chi connectivity index (χ0) is 15.4. The molecule has 0 aliphatic carbocycles. The Morgan fingerprint density at radius 1 is 1.14 bits per heavy atom. The summed E-state index contributed by atoms with van der Waals surface area (Å²) in [5.74, 6) is -0.169. The van der Waals surface area contributed by atoms with Crippen LogP contribution in [0.3, 0.4) is 0 Å². The van der Waals surface area contributed by atoms with Gasteiger partial charge in [0.05, 0.1) is 6.33 Å². The minimum absolute atomic E-state index is 0.0328. The second-order valence-corrected chi connectivity index (χ2v) is 5.26. The minimum Gasteiger partial charge on any atom is -0.306 e. The molecule has 0 unspecified atom stereocenters. The van der Waals surface area contributed by atoms with E-state index in [1.54, 1.807) is 18.6 Å². The predicted molar refractivity (Wildman–Crippen MR) is 85.2 cm³/mol. The van der Waals surface area contributed by atoms with Crippen molar-refractivity contribution in [2.75, 3.05) is 0 Å². The average molecular weight is 295 g/mol. The number of nitrogens with one attached hydrogen (secondary N) is 1. The first kappa shape index (κ1) is 14.5. The van der Waals surface area contributed by atoms with Gasteiger partial charge in [-0.1, -0.05) is 30.3 Å². The van der Waals surface area contributed by atoms with Crippen molar-refractivity contribution in [2.45, 2.75) is 19.5 Å². The molecule has 0 saturated heterocycles. The van der Waals surface area contributed by atoms with Crippen molar-refractivity contribution in [3.8, 4) is 5.69 Å². The Labute approximate surface area is 129 Å². The maximum atomic E-state index is 13.7. The van der Waals surface area contributed by atoms with E-state index in [1.807, 2.05) is 42.0 Å². The topological polar surface area (TPSA) is 29.9 Å². The minimum atomic E-state index is -0.169. The van der Waals surface area contributed by atoms with Gasteiger partial charge >= 0.3 is 0 Å². The quantitative estimate of drug-likeness (QED) is 0.774. The van der Waals surface area contributed by atoms with Gasteiger partial charge in [-0.25, -0.2) is 9.37 Å². The van der Waals surface area contributed by atoms with E-state index in [2.05, 4.69) is 22.4 Å². The maximum absolute atomic E-state index is 13.7. The van der Waals surface area contributed by atoms with Gasteiger partial charge < -0.3 is 9.88 Å². The Morgan fingerprint density at radius 2 is 1.91 bits per heavy atom. The third kappa shape index (κ3) is 3.23. The Hall–Kier alpha value is -2.46. The van der Waals surface area contributed by atoms with E-state index in [4.69, 9.17) is 0 Å². The van der Waals surface area contributed by atoms with Crippen LogP contribution in [-0.2, 0) is 6.54 Å². The summed E-state index contributed by atoms with van der Waals surface area (Å²) in [6.45, 7) is 2.66. The number of benzene rings is 2. The second-order valence-electron chi connectivity index (χ2n) is 5.26. The van der Waals surface area contributed by atoms with E-state index in [-0.39, 0.29) is 11.9 Å². The van der Waals surface area contributed by atoms with Crippen LogP contribution in [0.25, 0.3) is 5.69 Å². The van der Waals surface area contributed by atoms with Crippen molar-refractivity contribution in [3.05, 3.63) is 84.2 Å². The highest BCUT2D eigenvalue weighted by Gasteiger charge is 2.09. The third-order valence-electron chi connectivity index (χ3n) is 3.72. The molecule has 1 heterocycles. The fraction of sp³-hybridized carbons (Fsp3) is 0.167. The number of hydrogen-bond donors (Lipinski definition) is 1. The molecule has 112 valence electrons. The van der Waals surface area contributed by atoms with Crippen molar-refractivity contribution in [2.24, 2.45) is 0 Å². The Morgan fingerprint density at radius 3 is 2.59 bits per heavy atom. The molecule has 1 atom stereocenters. The van der Waals surface area contributed by atoms with E-state index in [1.165, 1.54) is 6.07 Å². The lowest BCUT2D eigenvalue weighted by molar-refractivity contribution is 0.528. The van der Waals surface area contributed by atoms with Gasteiger partial charge in [-0.05, 0) is 30.7 Å². The van der Waals surface area contributed by atoms with Crippen LogP contribution in [0.5, 0.6) is 0 Å². The molecule has 0 bridgehead atoms. The molecule has 3 rings (SSSR count). The fourth-order valence-electron chi connectivity index (χ4n) is 2.40. The molecule has 0 fully saturated rings. The molecule has 1 aromatic heterocycles. The van der Waals surface area contributed by atoms with Gasteiger partial charge in [0.2, 0.25) is 0 Å². The van der Waals surface area contributed by atoms with Crippen molar-refractivity contribution in [1.29, 1.82) is 0 Å². The molecule has 22 heavy (non-hydrogen) atoms. The lowest BCUT2D eigenvalue weighted by Crippen LogP contribution is -2.19. The van der Waals surface area contributed by atoms with Crippen LogP contribution in [0.2, 0.25) is 0 Å². The van der Waals surface area contributed by atoms with Gasteiger partial charge in [-0.3, -0.25) is 0 Å². The summed E-state index contributed by atoms with van der Waals surface area (Å²) in [5, 5.41) is 3.35. The van der Waals surface area contributed by atoms with Crippen LogP contribution < -0.4 is 5.32 Å². The van der Waals surface area contributed by atoms with E-state index in [0.29, 0.717) is 12.1 Å². The highest BCUT2D eigenvalue weighted by Crippen LogP contribution is 2.17. The zero-order valence-electron chi connectivity index (χ0n) is 12.4. The van der Waals surface area contributed by atoms with Gasteiger partial charge in [0, 0.05) is 36.2 Å². The lowest BCUT2D eigenvalue weighted by atomic mass is 10.1. The van der Waals surface area contributed by atoms with E-state index in [9.17, 15) is 4.39 Å². The molecule has 3 nitrogen and oxygen atoms in total. The summed E-state index contributed by atoms with van der Waals surface area (Å²) < 4.78 is 15.7. The molecule has 0 radical (unpaired) electrons. The largest absolute Gasteiger partial charge is 0.306 e. The van der Waals surface area contributed by atoms with Crippen LogP contribution in [0.1, 0.15) is 24.1 Å². The van der Waals surface area contributed by atoms with Crippen LogP contribution >= 0.6 is 0 Å². The fourth-order valence-corrected chi connectivity index (χ4v) is 2.40. The van der Waals surface area contributed by atoms with Crippen molar-refractivity contribution in [3.63, 3.8) is 0 Å². The number of aromatic nitrogens is 2. The van der Waals surface area contributed by atoms with Crippen molar-refractivity contribution >= 4 is 0 Å². The molecular formula is C18H18FN3. The van der Waals surface area contributed by atoms with E-state index in [0.717, 1.165) is 11.3 Å². The summed E-state index contributed by atoms with van der Waals surface area (Å²) in [6.07, 6.45) is 5.44. The van der Waals surface area contributed by atoms with Crippen LogP contribution in [0.4, 0.5) is 4.39 Å². The Balaban J connectivity index is 1.63. The average Bonchev–Trinajstić information content (AvgIpc) is 3.08. The molecule has 0 amide bonds. The van der Waals surface area contributed by atoms with Gasteiger partial charge in [0.15, 0.2) is 0 Å². The smallest absolute Gasteiger partial charge is 0.127 e. The number of hydrogen-bond acceptors (Lipinski definition) is 2. The van der Waals surface area contributed by atoms with Gasteiger partial charge in [-0.2, -0.15) is 0 Å². The molecule has 4 heteroatoms. The number of nitrogens with zero attached hydrogens (tertiary/aromatic N) is 2. The zero-order valence-corrected chi connectivity index (χ0v) is 12.4. The van der Waals surface area contributed by atoms with E-state index < -0.39 is 0 Å². The standard InChI is InChI=1S/C18H18FN3/c1-14(17-4-2-3-5-18(17)19)21-12-15-6-8-16(9-7-15)22-11-10-20-13-22/h2-11,13-14,21H,12H2,1H3/t14-/m0/s1. The summed E-state index contributed by atoms with van der Waals surface area (Å²) >= 11 is 0. The van der Waals surface area contributed by atoms with Crippen LogP contribution in [0, 0.1) is 5.82 Å². The first-order valence-electron chi connectivity index (χ1n) is 7.29. The first-order chi connectivity index (χ1) is 10.7. The lowest BCUT2D eigenvalue weighted by Gasteiger charge is -2.15. The maximum Gasteiger partial charge on any atom is 0.127 e. The Bertz CT molecular complexity index is 720. The monoisotopic (exact) mass is 295 g/mol. The molecule has 2 aromatic carbocycles. The van der Waals surface area contributed by atoms with Gasteiger partial charge in [-0.15, -0.1) is 0 Å². The van der Waals surface area contributed by atoms with E-state index >= 15 is 0 Å². The molecule has 0 saturated carbocycles. The third-order valence-corrected chi connectivity index (χ3v) is 3.72.